The second-order valence-corrected chi connectivity index (χ2v) is 2.51. The summed E-state index contributed by atoms with van der Waals surface area (Å²) in [4.78, 5) is 19.4. The first kappa shape index (κ1) is 12.8. The Morgan fingerprint density at radius 1 is 1.27 bits per heavy atom. The van der Waals surface area contributed by atoms with Crippen molar-refractivity contribution in [3.8, 4) is 0 Å². The van der Waals surface area contributed by atoms with Crippen molar-refractivity contribution in [2.45, 2.75) is 0 Å². The highest BCUT2D eigenvalue weighted by Crippen LogP contribution is 1.99. The highest BCUT2D eigenvalue weighted by atomic mass is 16.1. The van der Waals surface area contributed by atoms with Crippen LogP contribution in [0.25, 0.3) is 6.08 Å². The zero-order chi connectivity index (χ0) is 11.5. The van der Waals surface area contributed by atoms with Gasteiger partial charge in [-0.15, -0.1) is 0 Å². The third kappa shape index (κ3) is 8.18. The van der Waals surface area contributed by atoms with Crippen LogP contribution in [0.5, 0.6) is 0 Å². The zero-order valence-corrected chi connectivity index (χ0v) is 8.30. The van der Waals surface area contributed by atoms with Crippen molar-refractivity contribution in [1.82, 2.24) is 0 Å². The maximum Gasteiger partial charge on any atom is 0.240 e. The van der Waals surface area contributed by atoms with Crippen molar-refractivity contribution >= 4 is 18.3 Å². The summed E-state index contributed by atoms with van der Waals surface area (Å²) < 4.78 is 0. The monoisotopic (exact) mass is 203 g/mol. The van der Waals surface area contributed by atoms with Crippen LogP contribution in [0.3, 0.4) is 0 Å². The van der Waals surface area contributed by atoms with Gasteiger partial charge in [-0.25, -0.2) is 0 Å². The lowest BCUT2D eigenvalue weighted by Gasteiger charge is -1.86. The smallest absolute Gasteiger partial charge is 0.240 e. The molecule has 2 N–H and O–H groups in total. The van der Waals surface area contributed by atoms with Crippen molar-refractivity contribution in [3.63, 3.8) is 0 Å². The Kier molecular flexibility index (Phi) is 7.22. The quantitative estimate of drug-likeness (QED) is 0.598. The predicted molar refractivity (Wildman–Crippen MR) is 60.9 cm³/mol. The Hall–Kier alpha value is -2.16. The van der Waals surface area contributed by atoms with E-state index in [4.69, 9.17) is 0 Å². The Bertz CT molecular complexity index is 342. The average molecular weight is 203 g/mol. The van der Waals surface area contributed by atoms with Gasteiger partial charge in [0.2, 0.25) is 5.91 Å². The molecule has 1 rings (SSSR count). The number of aldehydes is 1. The van der Waals surface area contributed by atoms with E-state index in [1.165, 1.54) is 6.08 Å². The van der Waals surface area contributed by atoms with E-state index in [0.717, 1.165) is 17.9 Å². The molecule has 3 nitrogen and oxygen atoms in total. The first-order valence-electron chi connectivity index (χ1n) is 4.29. The lowest BCUT2D eigenvalue weighted by molar-refractivity contribution is -0.113. The molecule has 0 atom stereocenters. The summed E-state index contributed by atoms with van der Waals surface area (Å²) in [5.74, 6) is -0.481. The van der Waals surface area contributed by atoms with Crippen LogP contribution in [0.1, 0.15) is 5.56 Å². The third-order valence-corrected chi connectivity index (χ3v) is 1.37. The van der Waals surface area contributed by atoms with Crippen LogP contribution < -0.4 is 5.73 Å². The maximum absolute atomic E-state index is 9.89. The Balaban J connectivity index is 0.000000336. The number of benzene rings is 1. The molecule has 1 amide bonds. The number of rotatable bonds is 3. The van der Waals surface area contributed by atoms with E-state index in [0.29, 0.717) is 0 Å². The number of hydrogen-bond donors (Lipinski definition) is 1. The van der Waals surface area contributed by atoms with Crippen molar-refractivity contribution in [3.05, 3.63) is 54.6 Å². The maximum atomic E-state index is 9.89. The molecule has 0 saturated heterocycles. The summed E-state index contributed by atoms with van der Waals surface area (Å²) in [6.45, 7) is 3.09. The van der Waals surface area contributed by atoms with Gasteiger partial charge >= 0.3 is 0 Å². The number of hydrogen-bond acceptors (Lipinski definition) is 2. The largest absolute Gasteiger partial charge is 0.366 e. The second kappa shape index (κ2) is 8.44. The van der Waals surface area contributed by atoms with Gasteiger partial charge in [0.15, 0.2) is 0 Å². The van der Waals surface area contributed by atoms with Gasteiger partial charge in [-0.1, -0.05) is 43.0 Å². The molecule has 0 aliphatic carbocycles. The molecule has 15 heavy (non-hydrogen) atoms. The molecule has 0 radical (unpaired) electrons. The predicted octanol–water partition coefficient (Wildman–Crippen LogP) is 1.56. The number of allylic oxidation sites excluding steroid dienone is 1. The van der Waals surface area contributed by atoms with E-state index < -0.39 is 5.91 Å². The van der Waals surface area contributed by atoms with Crippen LogP contribution in [-0.2, 0) is 9.59 Å². The molecule has 78 valence electrons. The lowest BCUT2D eigenvalue weighted by Crippen LogP contribution is -2.04. The summed E-state index contributed by atoms with van der Waals surface area (Å²) in [6, 6.07) is 9.70. The molecule has 0 saturated carbocycles. The zero-order valence-electron chi connectivity index (χ0n) is 8.30. The van der Waals surface area contributed by atoms with E-state index in [1.807, 2.05) is 30.3 Å². The van der Waals surface area contributed by atoms with Crippen molar-refractivity contribution in [2.75, 3.05) is 0 Å². The fourth-order valence-corrected chi connectivity index (χ4v) is 0.715. The number of amides is 1. The van der Waals surface area contributed by atoms with Gasteiger partial charge < -0.3 is 5.73 Å². The molecule has 0 fully saturated rings. The molecule has 1 aromatic carbocycles. The van der Waals surface area contributed by atoms with Crippen LogP contribution in [0.2, 0.25) is 0 Å². The average Bonchev–Trinajstić information content (AvgIpc) is 2.28. The molecular weight excluding hydrogens is 190 g/mol. The van der Waals surface area contributed by atoms with Gasteiger partial charge in [-0.05, 0) is 17.7 Å². The first-order valence-corrected chi connectivity index (χ1v) is 4.29. The number of carbonyl (C=O) groups excluding carboxylic acids is 2. The molecule has 3 heteroatoms. The number of nitrogens with two attached hydrogens (primary N) is 1. The van der Waals surface area contributed by atoms with Crippen LogP contribution in [0.4, 0.5) is 0 Å². The molecule has 0 spiro atoms. The summed E-state index contributed by atoms with van der Waals surface area (Å²) in [5.41, 5.74) is 5.59. The third-order valence-electron chi connectivity index (χ3n) is 1.37. The first-order chi connectivity index (χ1) is 7.20. The SMILES string of the molecule is C=CC(N)=O.O=CC=Cc1ccccc1. The van der Waals surface area contributed by atoms with Gasteiger partial charge in [0.25, 0.3) is 0 Å². The van der Waals surface area contributed by atoms with Gasteiger partial charge in [0.05, 0.1) is 0 Å². The van der Waals surface area contributed by atoms with E-state index >= 15 is 0 Å². The molecule has 1 aromatic rings. The fourth-order valence-electron chi connectivity index (χ4n) is 0.715. The number of carbonyl (C=O) groups is 2. The lowest BCUT2D eigenvalue weighted by atomic mass is 10.2. The number of primary amides is 1. The summed E-state index contributed by atoms with van der Waals surface area (Å²) in [7, 11) is 0. The van der Waals surface area contributed by atoms with Crippen LogP contribution >= 0.6 is 0 Å². The summed E-state index contributed by atoms with van der Waals surface area (Å²) in [6.07, 6.45) is 5.08. The minimum Gasteiger partial charge on any atom is -0.366 e. The molecule has 0 aliphatic heterocycles. The Morgan fingerprint density at radius 2 is 1.80 bits per heavy atom. The molecule has 0 aromatic heterocycles. The van der Waals surface area contributed by atoms with Crippen LogP contribution in [0.15, 0.2) is 49.1 Å². The van der Waals surface area contributed by atoms with E-state index in [9.17, 15) is 9.59 Å². The highest BCUT2D eigenvalue weighted by molar-refractivity contribution is 5.84. The van der Waals surface area contributed by atoms with Crippen molar-refractivity contribution in [1.29, 1.82) is 0 Å². The van der Waals surface area contributed by atoms with Crippen molar-refractivity contribution in [2.24, 2.45) is 5.73 Å². The Morgan fingerprint density at radius 3 is 2.20 bits per heavy atom. The minimum absolute atomic E-state index is 0.481. The van der Waals surface area contributed by atoms with Crippen LogP contribution in [0, 0.1) is 0 Å². The second-order valence-electron chi connectivity index (χ2n) is 2.51. The molecule has 0 unspecified atom stereocenters. The molecule has 0 heterocycles. The Labute approximate surface area is 88.9 Å². The molecule has 0 bridgehead atoms. The van der Waals surface area contributed by atoms with Gasteiger partial charge in [0, 0.05) is 0 Å². The normalized spacial score (nSPS) is 8.80. The van der Waals surface area contributed by atoms with Crippen molar-refractivity contribution < 1.29 is 9.59 Å². The fraction of sp³-hybridized carbons (Fsp3) is 0. The molecule has 0 aliphatic rings. The van der Waals surface area contributed by atoms with Crippen LogP contribution in [-0.4, -0.2) is 12.2 Å². The van der Waals surface area contributed by atoms with E-state index in [1.54, 1.807) is 6.08 Å². The van der Waals surface area contributed by atoms with Gasteiger partial charge in [-0.3, -0.25) is 9.59 Å². The van der Waals surface area contributed by atoms with E-state index in [2.05, 4.69) is 12.3 Å². The van der Waals surface area contributed by atoms with E-state index in [-0.39, 0.29) is 0 Å². The topological polar surface area (TPSA) is 60.2 Å². The summed E-state index contributed by atoms with van der Waals surface area (Å²) >= 11 is 0. The van der Waals surface area contributed by atoms with Gasteiger partial charge in [-0.2, -0.15) is 0 Å². The standard InChI is InChI=1S/C9H8O.C3H5NO/c10-8-4-7-9-5-2-1-3-6-9;1-2-3(4)5/h1-8H;2H,1H2,(H2,4,5). The highest BCUT2D eigenvalue weighted by Gasteiger charge is 1.79. The summed E-state index contributed by atoms with van der Waals surface area (Å²) in [5, 5.41) is 0. The minimum atomic E-state index is -0.481. The van der Waals surface area contributed by atoms with Gasteiger partial charge in [0.1, 0.15) is 6.29 Å². The molecular formula is C12H13NO2.